The molecule has 0 saturated carbocycles. The zero-order valence-corrected chi connectivity index (χ0v) is 11.8. The Kier molecular flexibility index (Phi) is 5.00. The lowest BCUT2D eigenvalue weighted by molar-refractivity contribution is 0.496. The Balaban J connectivity index is 2.04. The van der Waals surface area contributed by atoms with Crippen molar-refractivity contribution in [3.63, 3.8) is 0 Å². The van der Waals surface area contributed by atoms with Crippen LogP contribution in [0.2, 0.25) is 10.0 Å². The molecular formula is C12H16Cl2N2S. The van der Waals surface area contributed by atoms with Gasteiger partial charge in [-0.1, -0.05) is 29.3 Å². The van der Waals surface area contributed by atoms with E-state index in [1.165, 1.54) is 24.2 Å². The minimum Gasteiger partial charge on any atom is -0.271 e. The van der Waals surface area contributed by atoms with Gasteiger partial charge in [-0.2, -0.15) is 11.8 Å². The first kappa shape index (κ1) is 13.5. The fraction of sp³-hybridized carbons (Fsp3) is 0.500. The molecule has 2 nitrogen and oxygen atoms in total. The Hall–Kier alpha value is 0.0700. The van der Waals surface area contributed by atoms with Crippen molar-refractivity contribution < 1.29 is 0 Å². The Morgan fingerprint density at radius 3 is 2.82 bits per heavy atom. The van der Waals surface area contributed by atoms with Gasteiger partial charge in [0.1, 0.15) is 0 Å². The average Bonchev–Trinajstić information content (AvgIpc) is 2.84. The summed E-state index contributed by atoms with van der Waals surface area (Å²) in [6.07, 6.45) is 3.42. The summed E-state index contributed by atoms with van der Waals surface area (Å²) >= 11 is 13.9. The van der Waals surface area contributed by atoms with E-state index in [0.717, 1.165) is 6.42 Å². The Morgan fingerprint density at radius 2 is 2.24 bits per heavy atom. The fourth-order valence-electron chi connectivity index (χ4n) is 2.14. The molecule has 0 spiro atoms. The highest BCUT2D eigenvalue weighted by molar-refractivity contribution is 8.00. The maximum atomic E-state index is 6.01. The van der Waals surface area contributed by atoms with Crippen LogP contribution in [0.15, 0.2) is 18.2 Å². The van der Waals surface area contributed by atoms with Crippen molar-refractivity contribution in [3.05, 3.63) is 33.8 Å². The molecule has 1 saturated heterocycles. The molecule has 0 aliphatic carbocycles. The monoisotopic (exact) mass is 290 g/mol. The highest BCUT2D eigenvalue weighted by Crippen LogP contribution is 2.30. The van der Waals surface area contributed by atoms with Gasteiger partial charge in [0.05, 0.1) is 10.0 Å². The number of benzene rings is 1. The second-order valence-electron chi connectivity index (χ2n) is 4.28. The van der Waals surface area contributed by atoms with Gasteiger partial charge in [-0.25, -0.2) is 0 Å². The zero-order chi connectivity index (χ0) is 12.3. The van der Waals surface area contributed by atoms with Gasteiger partial charge in [0, 0.05) is 11.3 Å². The number of nitrogens with one attached hydrogen (secondary N) is 1. The summed E-state index contributed by atoms with van der Waals surface area (Å²) < 4.78 is 0. The van der Waals surface area contributed by atoms with E-state index in [1.807, 2.05) is 30.0 Å². The third kappa shape index (κ3) is 3.52. The molecule has 5 heteroatoms. The van der Waals surface area contributed by atoms with E-state index in [0.29, 0.717) is 21.3 Å². The summed E-state index contributed by atoms with van der Waals surface area (Å²) in [5.41, 5.74) is 4.11. The van der Waals surface area contributed by atoms with Crippen LogP contribution in [0.4, 0.5) is 0 Å². The summed E-state index contributed by atoms with van der Waals surface area (Å²) in [4.78, 5) is 0. The van der Waals surface area contributed by atoms with Gasteiger partial charge in [-0.05, 0) is 42.7 Å². The van der Waals surface area contributed by atoms with Gasteiger partial charge in [0.2, 0.25) is 0 Å². The Bertz CT molecular complexity index is 381. The van der Waals surface area contributed by atoms with Crippen LogP contribution in [0.1, 0.15) is 18.4 Å². The fourth-order valence-corrected chi connectivity index (χ4v) is 3.84. The van der Waals surface area contributed by atoms with Gasteiger partial charge in [0.25, 0.3) is 0 Å². The SMILES string of the molecule is NNC(Cc1ccc(Cl)c(Cl)c1)C1CCCS1. The van der Waals surface area contributed by atoms with Crippen molar-refractivity contribution in [2.24, 2.45) is 5.84 Å². The molecule has 3 N–H and O–H groups in total. The lowest BCUT2D eigenvalue weighted by Gasteiger charge is -2.22. The molecule has 2 rings (SSSR count). The van der Waals surface area contributed by atoms with Crippen molar-refractivity contribution in [1.82, 2.24) is 5.43 Å². The van der Waals surface area contributed by atoms with Crippen LogP contribution < -0.4 is 11.3 Å². The minimum atomic E-state index is 0.305. The van der Waals surface area contributed by atoms with E-state index in [9.17, 15) is 0 Å². The second-order valence-corrected chi connectivity index (χ2v) is 6.44. The molecule has 2 unspecified atom stereocenters. The van der Waals surface area contributed by atoms with Gasteiger partial charge in [0.15, 0.2) is 0 Å². The standard InChI is InChI=1S/C12H16Cl2N2S/c13-9-4-3-8(6-10(9)14)7-11(16-15)12-2-1-5-17-12/h3-4,6,11-12,16H,1-2,5,7,15H2. The first-order valence-electron chi connectivity index (χ1n) is 5.72. The van der Waals surface area contributed by atoms with Crippen molar-refractivity contribution in [2.75, 3.05) is 5.75 Å². The molecule has 0 amide bonds. The van der Waals surface area contributed by atoms with E-state index in [2.05, 4.69) is 5.43 Å². The van der Waals surface area contributed by atoms with Crippen LogP contribution in [0.5, 0.6) is 0 Å². The Labute approximate surface area is 116 Å². The quantitative estimate of drug-likeness (QED) is 0.660. The predicted octanol–water partition coefficient (Wildman–Crippen LogP) is 3.26. The van der Waals surface area contributed by atoms with Crippen LogP contribution in [-0.2, 0) is 6.42 Å². The van der Waals surface area contributed by atoms with E-state index in [4.69, 9.17) is 29.0 Å². The smallest absolute Gasteiger partial charge is 0.0595 e. The minimum absolute atomic E-state index is 0.305. The molecule has 94 valence electrons. The molecule has 2 atom stereocenters. The highest BCUT2D eigenvalue weighted by atomic mass is 35.5. The van der Waals surface area contributed by atoms with Crippen molar-refractivity contribution in [3.8, 4) is 0 Å². The summed E-state index contributed by atoms with van der Waals surface area (Å²) in [5, 5.41) is 1.82. The third-order valence-corrected chi connectivity index (χ3v) is 5.32. The van der Waals surface area contributed by atoms with Crippen LogP contribution in [0.3, 0.4) is 0 Å². The normalized spacial score (nSPS) is 21.7. The van der Waals surface area contributed by atoms with Gasteiger partial charge >= 0.3 is 0 Å². The first-order valence-corrected chi connectivity index (χ1v) is 7.53. The molecule has 17 heavy (non-hydrogen) atoms. The molecule has 1 heterocycles. The van der Waals surface area contributed by atoms with Crippen LogP contribution in [0.25, 0.3) is 0 Å². The van der Waals surface area contributed by atoms with Gasteiger partial charge < -0.3 is 0 Å². The van der Waals surface area contributed by atoms with E-state index < -0.39 is 0 Å². The van der Waals surface area contributed by atoms with Gasteiger partial charge in [-0.15, -0.1) is 0 Å². The third-order valence-electron chi connectivity index (χ3n) is 3.07. The van der Waals surface area contributed by atoms with Gasteiger partial charge in [-0.3, -0.25) is 11.3 Å². The number of hydrogen-bond donors (Lipinski definition) is 2. The van der Waals surface area contributed by atoms with Crippen molar-refractivity contribution >= 4 is 35.0 Å². The number of halogens is 2. The van der Waals surface area contributed by atoms with Crippen molar-refractivity contribution in [1.29, 1.82) is 0 Å². The molecule has 0 aromatic heterocycles. The van der Waals surface area contributed by atoms with Crippen LogP contribution >= 0.6 is 35.0 Å². The molecular weight excluding hydrogens is 275 g/mol. The summed E-state index contributed by atoms with van der Waals surface area (Å²) in [7, 11) is 0. The zero-order valence-electron chi connectivity index (χ0n) is 9.46. The lowest BCUT2D eigenvalue weighted by atomic mass is 10.0. The largest absolute Gasteiger partial charge is 0.271 e. The number of nitrogens with two attached hydrogens (primary N) is 1. The predicted molar refractivity (Wildman–Crippen MR) is 76.8 cm³/mol. The summed E-state index contributed by atoms with van der Waals surface area (Å²) in [5.74, 6) is 6.89. The van der Waals surface area contributed by atoms with Crippen LogP contribution in [-0.4, -0.2) is 17.0 Å². The first-order chi connectivity index (χ1) is 8.20. The molecule has 1 aromatic rings. The molecule has 1 aliphatic heterocycles. The lowest BCUT2D eigenvalue weighted by Crippen LogP contribution is -2.43. The van der Waals surface area contributed by atoms with Crippen molar-refractivity contribution in [2.45, 2.75) is 30.6 Å². The maximum absolute atomic E-state index is 6.01. The van der Waals surface area contributed by atoms with E-state index in [1.54, 1.807) is 0 Å². The molecule has 0 bridgehead atoms. The number of thioether (sulfide) groups is 1. The molecule has 1 aromatic carbocycles. The molecule has 1 aliphatic rings. The second kappa shape index (κ2) is 6.30. The van der Waals surface area contributed by atoms with E-state index >= 15 is 0 Å². The molecule has 0 radical (unpaired) electrons. The maximum Gasteiger partial charge on any atom is 0.0595 e. The topological polar surface area (TPSA) is 38.0 Å². The highest BCUT2D eigenvalue weighted by Gasteiger charge is 2.24. The molecule has 1 fully saturated rings. The average molecular weight is 291 g/mol. The van der Waals surface area contributed by atoms with E-state index in [-0.39, 0.29) is 0 Å². The number of hydrazine groups is 1. The Morgan fingerprint density at radius 1 is 1.41 bits per heavy atom. The van der Waals surface area contributed by atoms with Crippen LogP contribution in [0, 0.1) is 0 Å². The number of hydrogen-bond acceptors (Lipinski definition) is 3. The summed E-state index contributed by atoms with van der Waals surface area (Å²) in [6.45, 7) is 0. The summed E-state index contributed by atoms with van der Waals surface area (Å²) in [6, 6.07) is 6.08. The number of rotatable bonds is 4.